The predicted octanol–water partition coefficient (Wildman–Crippen LogP) is 9.61. The average molecular weight is 710 g/mol. The van der Waals surface area contributed by atoms with Crippen LogP contribution in [0.1, 0.15) is 17.3 Å². The van der Waals surface area contributed by atoms with Crippen LogP contribution < -0.4 is 4.90 Å². The van der Waals surface area contributed by atoms with Crippen LogP contribution in [-0.2, 0) is 0 Å². The molecule has 9 heteroatoms. The van der Waals surface area contributed by atoms with Gasteiger partial charge in [-0.15, -0.1) is 0 Å². The van der Waals surface area contributed by atoms with Gasteiger partial charge in [0.15, 0.2) is 5.82 Å². The topological polar surface area (TPSA) is 89.9 Å². The van der Waals surface area contributed by atoms with Crippen LogP contribution >= 0.6 is 0 Å². The number of allylic oxidation sites excluding steroid dienone is 1. The zero-order chi connectivity index (χ0) is 36.3. The number of dihydropyridines is 1. The minimum Gasteiger partial charge on any atom is -0.318 e. The second kappa shape index (κ2) is 12.6. The van der Waals surface area contributed by atoms with Crippen LogP contribution in [0.4, 0.5) is 11.4 Å². The normalized spacial score (nSPS) is 16.0. The molecule has 5 aromatic carbocycles. The summed E-state index contributed by atoms with van der Waals surface area (Å²) >= 11 is 0. The first kappa shape index (κ1) is 31.0. The summed E-state index contributed by atoms with van der Waals surface area (Å²) in [6.07, 6.45) is 14.7. The van der Waals surface area contributed by atoms with Gasteiger partial charge in [0.05, 0.1) is 17.2 Å². The number of para-hydroxylation sites is 2. The molecule has 0 amide bonds. The summed E-state index contributed by atoms with van der Waals surface area (Å²) in [6, 6.07) is 45.1. The lowest BCUT2D eigenvalue weighted by Crippen LogP contribution is -2.29. The van der Waals surface area contributed by atoms with Gasteiger partial charge in [-0.2, -0.15) is 0 Å². The summed E-state index contributed by atoms with van der Waals surface area (Å²) in [5, 5.41) is 2.31. The fourth-order valence-electron chi connectivity index (χ4n) is 8.25. The Morgan fingerprint density at radius 3 is 2.29 bits per heavy atom. The molecule has 9 aromatic rings. The number of nitrogens with zero attached hydrogens (tertiary/aromatic N) is 9. The van der Waals surface area contributed by atoms with Crippen LogP contribution in [0.25, 0.3) is 61.3 Å². The molecule has 0 fully saturated rings. The van der Waals surface area contributed by atoms with Crippen molar-refractivity contribution >= 4 is 45.0 Å². The summed E-state index contributed by atoms with van der Waals surface area (Å²) in [6.45, 7) is 0. The van der Waals surface area contributed by atoms with Gasteiger partial charge in [0, 0.05) is 75.4 Å². The van der Waals surface area contributed by atoms with Crippen molar-refractivity contribution in [3.63, 3.8) is 0 Å². The summed E-state index contributed by atoms with van der Waals surface area (Å²) in [5.74, 6) is 1.58. The highest BCUT2D eigenvalue weighted by Gasteiger charge is 2.39. The Morgan fingerprint density at radius 2 is 1.36 bits per heavy atom. The van der Waals surface area contributed by atoms with E-state index in [1.165, 1.54) is 18.2 Å². The Balaban J connectivity index is 0.989. The first-order chi connectivity index (χ1) is 27.3. The van der Waals surface area contributed by atoms with Gasteiger partial charge < -0.3 is 9.47 Å². The number of hydrogen-bond donors (Lipinski definition) is 0. The van der Waals surface area contributed by atoms with Crippen LogP contribution in [0.5, 0.6) is 0 Å². The highest BCUT2D eigenvalue weighted by atomic mass is 15.3. The van der Waals surface area contributed by atoms with E-state index in [1.807, 2.05) is 49.2 Å². The summed E-state index contributed by atoms with van der Waals surface area (Å²) in [5.41, 5.74) is 11.9. The van der Waals surface area contributed by atoms with Crippen molar-refractivity contribution in [2.45, 2.75) is 12.1 Å². The third kappa shape index (κ3) is 5.08. The lowest BCUT2D eigenvalue weighted by atomic mass is 9.94. The maximum absolute atomic E-state index is 5.11. The van der Waals surface area contributed by atoms with Crippen LogP contribution in [0.3, 0.4) is 0 Å². The number of aromatic nitrogens is 7. The molecule has 11 rings (SSSR count). The number of benzene rings is 5. The summed E-state index contributed by atoms with van der Waals surface area (Å²) in [4.78, 5) is 29.5. The summed E-state index contributed by atoms with van der Waals surface area (Å²) < 4.78 is 4.45. The molecule has 2 aliphatic heterocycles. The number of imidazole rings is 1. The molecule has 2 atom stereocenters. The van der Waals surface area contributed by atoms with Crippen molar-refractivity contribution in [2.24, 2.45) is 4.99 Å². The molecule has 0 radical (unpaired) electrons. The number of anilines is 2. The van der Waals surface area contributed by atoms with Crippen LogP contribution in [-0.4, -0.2) is 46.4 Å². The van der Waals surface area contributed by atoms with E-state index in [0.717, 1.165) is 72.6 Å². The number of rotatable bonds is 6. The van der Waals surface area contributed by atoms with Gasteiger partial charge in [-0.3, -0.25) is 14.5 Å². The number of hydrogen-bond acceptors (Lipinski definition) is 7. The molecule has 2 unspecified atom stereocenters. The summed E-state index contributed by atoms with van der Waals surface area (Å²) in [7, 11) is 0. The van der Waals surface area contributed by atoms with Crippen molar-refractivity contribution in [3.8, 4) is 33.9 Å². The first-order valence-electron chi connectivity index (χ1n) is 18.2. The quantitative estimate of drug-likeness (QED) is 0.171. The lowest BCUT2D eigenvalue weighted by molar-refractivity contribution is 0.660. The smallest absolute Gasteiger partial charge is 0.163 e. The second-order valence-corrected chi connectivity index (χ2v) is 13.7. The molecule has 4 aromatic heterocycles. The first-order valence-corrected chi connectivity index (χ1v) is 18.2. The van der Waals surface area contributed by atoms with Gasteiger partial charge in [0.25, 0.3) is 0 Å². The van der Waals surface area contributed by atoms with E-state index in [4.69, 9.17) is 9.98 Å². The molecule has 9 nitrogen and oxygen atoms in total. The van der Waals surface area contributed by atoms with Crippen molar-refractivity contribution in [2.75, 3.05) is 4.90 Å². The highest BCUT2D eigenvalue weighted by Crippen LogP contribution is 2.49. The maximum Gasteiger partial charge on any atom is 0.163 e. The second-order valence-electron chi connectivity index (χ2n) is 13.7. The van der Waals surface area contributed by atoms with Gasteiger partial charge in [0.1, 0.15) is 24.6 Å². The van der Waals surface area contributed by atoms with Gasteiger partial charge >= 0.3 is 0 Å². The average Bonchev–Trinajstić information content (AvgIpc) is 3.97. The molecule has 0 N–H and O–H groups in total. The van der Waals surface area contributed by atoms with Crippen LogP contribution in [0.15, 0.2) is 176 Å². The van der Waals surface area contributed by atoms with E-state index < -0.39 is 0 Å². The number of fused-ring (bicyclic) bond motifs is 6. The third-order valence-corrected chi connectivity index (χ3v) is 10.7. The van der Waals surface area contributed by atoms with E-state index >= 15 is 0 Å². The zero-order valence-corrected chi connectivity index (χ0v) is 29.4. The standard InChI is InChI=1S/C46H31N9/c1-2-10-34(11-3-1)53-21-20-49-45(53)32-9-6-8-30(22-32)31-16-17-42-39(23-31)38-18-19-47-27-43(38)54(42)35-12-7-13-36(25-35)55-41-15-5-4-14-37(41)40-24-33(26-50-46(40)55)44-51-28-48-29-52-44/h1-29,40,46H. The molecule has 0 bridgehead atoms. The van der Waals surface area contributed by atoms with E-state index in [1.54, 1.807) is 0 Å². The molecule has 6 heterocycles. The fourth-order valence-corrected chi connectivity index (χ4v) is 8.25. The molecule has 260 valence electrons. The van der Waals surface area contributed by atoms with E-state index in [9.17, 15) is 0 Å². The maximum atomic E-state index is 5.11. The van der Waals surface area contributed by atoms with Gasteiger partial charge in [-0.25, -0.2) is 19.9 Å². The zero-order valence-electron chi connectivity index (χ0n) is 29.4. The molecule has 55 heavy (non-hydrogen) atoms. The Bertz CT molecular complexity index is 2960. The highest BCUT2D eigenvalue weighted by molar-refractivity contribution is 6.11. The van der Waals surface area contributed by atoms with Gasteiger partial charge in [-0.05, 0) is 77.4 Å². The van der Waals surface area contributed by atoms with Crippen molar-refractivity contribution in [1.29, 1.82) is 0 Å². The fraction of sp³-hybridized carbons (Fsp3) is 0.0435. The molecule has 0 saturated heterocycles. The monoisotopic (exact) mass is 709 g/mol. The van der Waals surface area contributed by atoms with E-state index in [0.29, 0.717) is 5.82 Å². The molecular formula is C46H31N9. The SMILES string of the molecule is C1=NC2C(C=C1c1ncncn1)c1ccccc1N2c1cccc(-n2c3ccc(-c4cccc(-c5nccn5-c5ccccc5)c4)cc3c3ccncc32)c1. The third-order valence-electron chi connectivity index (χ3n) is 10.7. The molecule has 0 saturated carbocycles. The Labute approximate surface area is 316 Å². The molecule has 0 aliphatic carbocycles. The molecular weight excluding hydrogens is 679 g/mol. The minimum absolute atomic E-state index is 0.0457. The number of aliphatic imine (C=N–C) groups is 1. The van der Waals surface area contributed by atoms with Crippen molar-refractivity contribution < 1.29 is 0 Å². The van der Waals surface area contributed by atoms with E-state index in [-0.39, 0.29) is 12.1 Å². The Morgan fingerprint density at radius 1 is 0.564 bits per heavy atom. The molecule has 0 spiro atoms. The Kier molecular flexibility index (Phi) is 7.09. The lowest BCUT2D eigenvalue weighted by Gasteiger charge is -2.29. The largest absolute Gasteiger partial charge is 0.318 e. The molecule has 2 aliphatic rings. The van der Waals surface area contributed by atoms with E-state index in [2.05, 4.69) is 149 Å². The minimum atomic E-state index is -0.137. The van der Waals surface area contributed by atoms with Crippen LogP contribution in [0, 0.1) is 0 Å². The van der Waals surface area contributed by atoms with Crippen molar-refractivity contribution in [1.82, 2.24) is 34.1 Å². The van der Waals surface area contributed by atoms with Gasteiger partial charge in [-0.1, -0.05) is 72.8 Å². The Hall–Kier alpha value is -7.52. The number of pyridine rings is 1. The predicted molar refractivity (Wildman–Crippen MR) is 218 cm³/mol. The van der Waals surface area contributed by atoms with Crippen LogP contribution in [0.2, 0.25) is 0 Å². The van der Waals surface area contributed by atoms with Gasteiger partial charge in [0.2, 0.25) is 0 Å². The van der Waals surface area contributed by atoms with Crippen molar-refractivity contribution in [3.05, 3.63) is 182 Å².